The molecule has 0 saturated heterocycles. The van der Waals surface area contributed by atoms with Gasteiger partial charge in [0.1, 0.15) is 11.6 Å². The largest absolute Gasteiger partial charge is 0.507 e. The molecule has 0 aliphatic heterocycles. The Bertz CT molecular complexity index is 3210. The molecule has 8 rings (SSSR count). The first-order valence-electron chi connectivity index (χ1n) is 25.3. The fraction of sp³-hybridized carbons (Fsp3) is 0.333. The third-order valence-electron chi connectivity index (χ3n) is 13.2. The molecule has 67 heavy (non-hydrogen) atoms. The van der Waals surface area contributed by atoms with Crippen molar-refractivity contribution in [1.29, 1.82) is 0 Å². The molecule has 0 aliphatic carbocycles. The van der Waals surface area contributed by atoms with E-state index in [9.17, 15) is 5.11 Å². The number of aromatic nitrogens is 3. The fourth-order valence-corrected chi connectivity index (χ4v) is 9.19. The molecule has 0 unspecified atom stereocenters. The highest BCUT2D eigenvalue weighted by Crippen LogP contribution is 2.46. The summed E-state index contributed by atoms with van der Waals surface area (Å²) in [5, 5.41) is 12.5. The summed E-state index contributed by atoms with van der Waals surface area (Å²) in [6.07, 6.45) is 1.88. The van der Waals surface area contributed by atoms with Gasteiger partial charge < -0.3 is 5.11 Å². The van der Waals surface area contributed by atoms with Crippen LogP contribution in [0.15, 0.2) is 134 Å². The molecule has 1 N–H and O–H groups in total. The van der Waals surface area contributed by atoms with Crippen LogP contribution in [-0.2, 0) is 16.2 Å². The van der Waals surface area contributed by atoms with Gasteiger partial charge in [-0.2, -0.15) is 0 Å². The van der Waals surface area contributed by atoms with Crippen LogP contribution in [0.1, 0.15) is 159 Å². The minimum atomic E-state index is -0.893. The summed E-state index contributed by atoms with van der Waals surface area (Å²) < 4.78 is 29.0. The Morgan fingerprint density at radius 1 is 0.522 bits per heavy atom. The monoisotopic (exact) mass is 889 g/mol. The van der Waals surface area contributed by atoms with E-state index in [4.69, 9.17) is 14.1 Å². The Kier molecular flexibility index (Phi) is 11.5. The third-order valence-corrected chi connectivity index (χ3v) is 13.2. The number of benzene rings is 6. The van der Waals surface area contributed by atoms with Crippen molar-refractivity contribution >= 4 is 11.0 Å². The molecule has 0 amide bonds. The minimum Gasteiger partial charge on any atom is -0.507 e. The zero-order valence-electron chi connectivity index (χ0n) is 45.5. The first-order valence-corrected chi connectivity index (χ1v) is 23.8. The molecule has 4 heteroatoms. The van der Waals surface area contributed by atoms with Crippen molar-refractivity contribution in [3.8, 4) is 67.5 Å². The Balaban J connectivity index is 1.38. The van der Waals surface area contributed by atoms with Crippen molar-refractivity contribution in [1.82, 2.24) is 14.5 Å². The zero-order chi connectivity index (χ0) is 51.1. The van der Waals surface area contributed by atoms with Crippen molar-refractivity contribution in [3.63, 3.8) is 0 Å². The second-order valence-electron chi connectivity index (χ2n) is 22.2. The normalized spacial score (nSPS) is 13.7. The van der Waals surface area contributed by atoms with Crippen molar-refractivity contribution < 1.29 is 9.22 Å². The molecule has 0 radical (unpaired) electrons. The summed E-state index contributed by atoms with van der Waals surface area (Å²) in [6.45, 7) is 31.2. The SMILES string of the molecule is [2H]C(C)(C)c1ccc(-c2ccnc(-c3cc(-c4cccc5c4nc(-c4cc(C(C)(C)C)cc(C(C)(C)C)c4O)n5-c4ccc(-c5c(C([2H])(C)C)cccc5C([2H])(C)C)cc4)cc(C(C)(C)C)c3)c2)cc1. The lowest BCUT2D eigenvalue weighted by Crippen LogP contribution is -2.17. The van der Waals surface area contributed by atoms with Crippen LogP contribution in [0.4, 0.5) is 0 Å². The Morgan fingerprint density at radius 2 is 1.10 bits per heavy atom. The van der Waals surface area contributed by atoms with Crippen LogP contribution in [0.25, 0.3) is 72.7 Å². The second kappa shape index (κ2) is 17.8. The first kappa shape index (κ1) is 43.3. The lowest BCUT2D eigenvalue weighted by atomic mass is 9.79. The van der Waals surface area contributed by atoms with Crippen LogP contribution in [0.5, 0.6) is 5.75 Å². The first-order chi connectivity index (χ1) is 32.4. The van der Waals surface area contributed by atoms with Gasteiger partial charge in [-0.15, -0.1) is 0 Å². The summed E-state index contributed by atoms with van der Waals surface area (Å²) >= 11 is 0. The van der Waals surface area contributed by atoms with Crippen LogP contribution >= 0.6 is 0 Å². The van der Waals surface area contributed by atoms with E-state index in [2.05, 4.69) is 158 Å². The standard InChI is InChI=1S/C63H71N3O/c1-38(2)41-22-24-42(25-23-41)44-30-31-64-55(35-44)46-32-45(33-47(34-46)61(7,8)9)52-20-17-21-56-58(52)65-60(53-36-48(62(10,11)12)37-54(59(53)67)63(13,14)15)66(56)49-28-26-43(27-29-49)57-50(39(3)4)18-16-19-51(57)40(5)6/h16-40,67H,1-15H3/i38D,39D,40D. The van der Waals surface area contributed by atoms with Crippen molar-refractivity contribution in [2.75, 3.05) is 0 Å². The van der Waals surface area contributed by atoms with Crippen molar-refractivity contribution in [3.05, 3.63) is 167 Å². The van der Waals surface area contributed by atoms with Crippen molar-refractivity contribution in [2.24, 2.45) is 0 Å². The number of phenols is 1. The van der Waals surface area contributed by atoms with E-state index in [1.54, 1.807) is 0 Å². The number of para-hydroxylation sites is 1. The molecule has 0 bridgehead atoms. The summed E-state index contributed by atoms with van der Waals surface area (Å²) in [7, 11) is 0. The number of hydrogen-bond acceptors (Lipinski definition) is 3. The van der Waals surface area contributed by atoms with E-state index in [0.29, 0.717) is 11.4 Å². The highest BCUT2D eigenvalue weighted by Gasteiger charge is 2.29. The van der Waals surface area contributed by atoms with Gasteiger partial charge in [-0.25, -0.2) is 4.98 Å². The van der Waals surface area contributed by atoms with Gasteiger partial charge in [0.25, 0.3) is 0 Å². The average molecular weight is 889 g/mol. The molecule has 344 valence electrons. The number of nitrogens with zero attached hydrogens (tertiary/aromatic N) is 3. The molecule has 6 aromatic carbocycles. The second-order valence-corrected chi connectivity index (χ2v) is 22.2. The maximum absolute atomic E-state index is 12.5. The smallest absolute Gasteiger partial charge is 0.149 e. The van der Waals surface area contributed by atoms with Gasteiger partial charge in [-0.3, -0.25) is 9.55 Å². The van der Waals surface area contributed by atoms with E-state index >= 15 is 0 Å². The molecule has 0 aliphatic rings. The number of rotatable bonds is 9. The predicted octanol–water partition coefficient (Wildman–Crippen LogP) is 17.7. The van der Waals surface area contributed by atoms with Crippen LogP contribution in [0.3, 0.4) is 0 Å². The Morgan fingerprint density at radius 3 is 1.69 bits per heavy atom. The summed E-state index contributed by atoms with van der Waals surface area (Å²) in [5.41, 5.74) is 16.1. The molecule has 8 aromatic rings. The van der Waals surface area contributed by atoms with E-state index in [-0.39, 0.29) is 22.0 Å². The van der Waals surface area contributed by atoms with Crippen LogP contribution in [-0.4, -0.2) is 19.6 Å². The average Bonchev–Trinajstić information content (AvgIpc) is 3.66. The minimum absolute atomic E-state index is 0.188. The molecule has 4 nitrogen and oxygen atoms in total. The molecule has 2 heterocycles. The maximum Gasteiger partial charge on any atom is 0.149 e. The van der Waals surface area contributed by atoms with Gasteiger partial charge in [-0.1, -0.05) is 183 Å². The molecule has 2 aromatic heterocycles. The van der Waals surface area contributed by atoms with Gasteiger partial charge in [0.15, 0.2) is 0 Å². The highest BCUT2D eigenvalue weighted by atomic mass is 16.3. The van der Waals surface area contributed by atoms with Gasteiger partial charge in [0, 0.05) is 32.7 Å². The van der Waals surface area contributed by atoms with Crippen molar-refractivity contribution in [2.45, 2.75) is 138 Å². The van der Waals surface area contributed by atoms with E-state index in [1.165, 1.54) is 0 Å². The predicted molar refractivity (Wildman–Crippen MR) is 286 cm³/mol. The molecule has 0 atom stereocenters. The fourth-order valence-electron chi connectivity index (χ4n) is 9.19. The lowest BCUT2D eigenvalue weighted by molar-refractivity contribution is 0.446. The number of hydrogen-bond donors (Lipinski definition) is 1. The van der Waals surface area contributed by atoms with Crippen LogP contribution in [0, 0.1) is 0 Å². The lowest BCUT2D eigenvalue weighted by Gasteiger charge is -2.27. The zero-order valence-corrected chi connectivity index (χ0v) is 42.5. The number of aromatic hydroxyl groups is 1. The van der Waals surface area contributed by atoms with Gasteiger partial charge in [0.05, 0.1) is 22.3 Å². The molecule has 0 saturated carbocycles. The Hall–Kier alpha value is -6.26. The molecule has 0 spiro atoms. The quantitative estimate of drug-likeness (QED) is 0.157. The van der Waals surface area contributed by atoms with E-state index in [1.807, 2.05) is 84.1 Å². The van der Waals surface area contributed by atoms with E-state index < -0.39 is 17.7 Å². The third kappa shape index (κ3) is 9.38. The van der Waals surface area contributed by atoms with Crippen LogP contribution in [0.2, 0.25) is 0 Å². The molecular weight excluding hydrogens is 815 g/mol. The van der Waals surface area contributed by atoms with Gasteiger partial charge >= 0.3 is 0 Å². The summed E-state index contributed by atoms with van der Waals surface area (Å²) in [5.74, 6) is -1.62. The van der Waals surface area contributed by atoms with Crippen LogP contribution < -0.4 is 0 Å². The number of imidazole rings is 1. The topological polar surface area (TPSA) is 50.9 Å². The number of pyridine rings is 1. The molecular formula is C63H71N3O. The van der Waals surface area contributed by atoms with Gasteiger partial charge in [-0.05, 0) is 138 Å². The number of phenolic OH excluding ortho intramolecular Hbond substituents is 1. The van der Waals surface area contributed by atoms with Gasteiger partial charge in [0.2, 0.25) is 0 Å². The number of fused-ring (bicyclic) bond motifs is 1. The Labute approximate surface area is 405 Å². The molecule has 0 fully saturated rings. The van der Waals surface area contributed by atoms with E-state index in [0.717, 1.165) is 94.7 Å². The summed E-state index contributed by atoms with van der Waals surface area (Å²) in [4.78, 5) is 10.6. The maximum atomic E-state index is 12.5. The highest BCUT2D eigenvalue weighted by molar-refractivity contribution is 5.97. The summed E-state index contributed by atoms with van der Waals surface area (Å²) in [6, 6.07) is 44.3.